The zero-order valence-electron chi connectivity index (χ0n) is 8.49. The van der Waals surface area contributed by atoms with Crippen molar-refractivity contribution in [3.8, 4) is 17.6 Å². The van der Waals surface area contributed by atoms with Gasteiger partial charge in [0.05, 0.1) is 12.2 Å². The molecule has 0 saturated heterocycles. The summed E-state index contributed by atoms with van der Waals surface area (Å²) in [5, 5.41) is 9.36. The molecule has 15 heavy (non-hydrogen) atoms. The highest BCUT2D eigenvalue weighted by atomic mass is 16.5. The molecule has 0 fully saturated rings. The van der Waals surface area contributed by atoms with Crippen molar-refractivity contribution < 1.29 is 14.6 Å². The summed E-state index contributed by atoms with van der Waals surface area (Å²) in [6.45, 7) is 2.10. The van der Waals surface area contributed by atoms with Crippen LogP contribution in [0.2, 0.25) is 0 Å². The van der Waals surface area contributed by atoms with Crippen molar-refractivity contribution in [1.82, 2.24) is 0 Å². The number of para-hydroxylation sites is 1. The third kappa shape index (κ3) is 3.74. The maximum absolute atomic E-state index is 10.9. The largest absolute Gasteiger partial charge is 0.507 e. The summed E-state index contributed by atoms with van der Waals surface area (Å²) in [5.41, 5.74) is 0.516. The SMILES string of the molecule is CCOC(=O)CC#Cc1ccccc1O. The van der Waals surface area contributed by atoms with E-state index in [-0.39, 0.29) is 18.1 Å². The standard InChI is InChI=1S/C12H12O3/c1-2-15-12(14)9-5-7-10-6-3-4-8-11(10)13/h3-4,6,8,13H,2,9H2,1H3. The van der Waals surface area contributed by atoms with Crippen molar-refractivity contribution >= 4 is 5.97 Å². The fraction of sp³-hybridized carbons (Fsp3) is 0.250. The first kappa shape index (κ1) is 11.1. The van der Waals surface area contributed by atoms with E-state index in [0.717, 1.165) is 0 Å². The zero-order chi connectivity index (χ0) is 11.1. The van der Waals surface area contributed by atoms with E-state index < -0.39 is 0 Å². The lowest BCUT2D eigenvalue weighted by Gasteiger charge is -1.95. The summed E-state index contributed by atoms with van der Waals surface area (Å²) in [5.74, 6) is 5.12. The van der Waals surface area contributed by atoms with Gasteiger partial charge >= 0.3 is 5.97 Å². The van der Waals surface area contributed by atoms with E-state index in [4.69, 9.17) is 4.74 Å². The lowest BCUT2D eigenvalue weighted by Crippen LogP contribution is -2.01. The minimum atomic E-state index is -0.347. The number of carbonyl (C=O) groups is 1. The highest BCUT2D eigenvalue weighted by Gasteiger charge is 1.97. The molecular formula is C12H12O3. The van der Waals surface area contributed by atoms with E-state index in [1.165, 1.54) is 0 Å². The van der Waals surface area contributed by atoms with Gasteiger partial charge in [0.2, 0.25) is 0 Å². The van der Waals surface area contributed by atoms with E-state index in [9.17, 15) is 9.90 Å². The van der Waals surface area contributed by atoms with Crippen LogP contribution in [0.25, 0.3) is 0 Å². The van der Waals surface area contributed by atoms with E-state index in [1.807, 2.05) is 0 Å². The van der Waals surface area contributed by atoms with Crippen LogP contribution in [0.4, 0.5) is 0 Å². The Morgan fingerprint density at radius 2 is 2.20 bits per heavy atom. The number of benzene rings is 1. The second kappa shape index (κ2) is 5.71. The van der Waals surface area contributed by atoms with Crippen molar-refractivity contribution in [2.45, 2.75) is 13.3 Å². The maximum Gasteiger partial charge on any atom is 0.317 e. The van der Waals surface area contributed by atoms with Gasteiger partial charge in [0.15, 0.2) is 0 Å². The molecule has 0 radical (unpaired) electrons. The average Bonchev–Trinajstić information content (AvgIpc) is 2.21. The van der Waals surface area contributed by atoms with Crippen LogP contribution in [-0.4, -0.2) is 17.7 Å². The Morgan fingerprint density at radius 3 is 2.87 bits per heavy atom. The van der Waals surface area contributed by atoms with Gasteiger partial charge in [-0.15, -0.1) is 0 Å². The van der Waals surface area contributed by atoms with E-state index >= 15 is 0 Å². The molecule has 0 heterocycles. The van der Waals surface area contributed by atoms with Crippen molar-refractivity contribution in [2.75, 3.05) is 6.61 Å². The first-order valence-electron chi connectivity index (χ1n) is 4.66. The topological polar surface area (TPSA) is 46.5 Å². The summed E-state index contributed by atoms with van der Waals surface area (Å²) in [7, 11) is 0. The Bertz CT molecular complexity index is 399. The first-order valence-corrected chi connectivity index (χ1v) is 4.66. The van der Waals surface area contributed by atoms with Crippen LogP contribution < -0.4 is 0 Å². The molecule has 0 amide bonds. The van der Waals surface area contributed by atoms with Crippen LogP contribution in [0.5, 0.6) is 5.75 Å². The van der Waals surface area contributed by atoms with Crippen LogP contribution in [0.15, 0.2) is 24.3 Å². The van der Waals surface area contributed by atoms with Gasteiger partial charge in [-0.1, -0.05) is 24.0 Å². The summed E-state index contributed by atoms with van der Waals surface area (Å²) >= 11 is 0. The third-order valence-corrected chi connectivity index (χ3v) is 1.67. The zero-order valence-corrected chi connectivity index (χ0v) is 8.49. The molecule has 1 aromatic rings. The Labute approximate surface area is 88.7 Å². The molecule has 0 aromatic heterocycles. The van der Waals surface area contributed by atoms with Gasteiger partial charge in [-0.05, 0) is 19.1 Å². The van der Waals surface area contributed by atoms with Crippen LogP contribution >= 0.6 is 0 Å². The summed E-state index contributed by atoms with van der Waals surface area (Å²) in [6, 6.07) is 6.72. The lowest BCUT2D eigenvalue weighted by atomic mass is 10.2. The fourth-order valence-corrected chi connectivity index (χ4v) is 1.00. The number of phenols is 1. The van der Waals surface area contributed by atoms with Crippen molar-refractivity contribution in [3.05, 3.63) is 29.8 Å². The molecule has 0 unspecified atom stereocenters. The van der Waals surface area contributed by atoms with Crippen LogP contribution in [0.3, 0.4) is 0 Å². The predicted molar refractivity (Wildman–Crippen MR) is 56.2 cm³/mol. The minimum absolute atomic E-state index is 0.0438. The van der Waals surface area contributed by atoms with Gasteiger partial charge < -0.3 is 9.84 Å². The maximum atomic E-state index is 10.9. The van der Waals surface area contributed by atoms with Gasteiger partial charge in [-0.3, -0.25) is 4.79 Å². The first-order chi connectivity index (χ1) is 7.24. The highest BCUT2D eigenvalue weighted by Crippen LogP contribution is 2.13. The summed E-state index contributed by atoms with van der Waals surface area (Å²) < 4.78 is 4.71. The Balaban J connectivity index is 2.59. The molecule has 78 valence electrons. The van der Waals surface area contributed by atoms with E-state index in [0.29, 0.717) is 12.2 Å². The number of ether oxygens (including phenoxy) is 1. The van der Waals surface area contributed by atoms with E-state index in [1.54, 1.807) is 31.2 Å². The number of aromatic hydroxyl groups is 1. The average molecular weight is 204 g/mol. The van der Waals surface area contributed by atoms with Crippen LogP contribution in [-0.2, 0) is 9.53 Å². The molecule has 0 atom stereocenters. The molecule has 0 saturated carbocycles. The Hall–Kier alpha value is -1.95. The number of hydrogen-bond acceptors (Lipinski definition) is 3. The Morgan fingerprint density at radius 1 is 1.47 bits per heavy atom. The minimum Gasteiger partial charge on any atom is -0.507 e. The molecule has 1 aromatic carbocycles. The molecule has 0 aliphatic heterocycles. The van der Waals surface area contributed by atoms with Gasteiger partial charge in [-0.25, -0.2) is 0 Å². The van der Waals surface area contributed by atoms with Gasteiger partial charge in [0.25, 0.3) is 0 Å². The van der Waals surface area contributed by atoms with Gasteiger partial charge in [0.1, 0.15) is 12.2 Å². The van der Waals surface area contributed by atoms with Gasteiger partial charge in [-0.2, -0.15) is 0 Å². The normalized spacial score (nSPS) is 8.87. The molecule has 0 bridgehead atoms. The molecule has 0 aliphatic rings. The summed E-state index contributed by atoms with van der Waals surface area (Å²) in [6.07, 6.45) is 0.0438. The fourth-order valence-electron chi connectivity index (χ4n) is 1.00. The quantitative estimate of drug-likeness (QED) is 0.589. The second-order valence-electron chi connectivity index (χ2n) is 2.80. The lowest BCUT2D eigenvalue weighted by molar-refractivity contribution is -0.141. The highest BCUT2D eigenvalue weighted by molar-refractivity contribution is 5.72. The van der Waals surface area contributed by atoms with Crippen molar-refractivity contribution in [3.63, 3.8) is 0 Å². The van der Waals surface area contributed by atoms with Gasteiger partial charge in [0, 0.05) is 0 Å². The molecule has 3 nitrogen and oxygen atoms in total. The van der Waals surface area contributed by atoms with Crippen molar-refractivity contribution in [1.29, 1.82) is 0 Å². The molecule has 1 rings (SSSR count). The predicted octanol–water partition coefficient (Wildman–Crippen LogP) is 1.70. The third-order valence-electron chi connectivity index (χ3n) is 1.67. The number of carbonyl (C=O) groups excluding carboxylic acids is 1. The monoisotopic (exact) mass is 204 g/mol. The molecule has 0 aliphatic carbocycles. The molecular weight excluding hydrogens is 192 g/mol. The van der Waals surface area contributed by atoms with Crippen molar-refractivity contribution in [2.24, 2.45) is 0 Å². The second-order valence-corrected chi connectivity index (χ2v) is 2.80. The summed E-state index contributed by atoms with van der Waals surface area (Å²) in [4.78, 5) is 10.9. The smallest absolute Gasteiger partial charge is 0.317 e. The molecule has 1 N–H and O–H groups in total. The number of rotatable bonds is 2. The number of phenolic OH excluding ortho intramolecular Hbond substituents is 1. The van der Waals surface area contributed by atoms with Crippen LogP contribution in [0, 0.1) is 11.8 Å². The number of hydrogen-bond donors (Lipinski definition) is 1. The van der Waals surface area contributed by atoms with Crippen LogP contribution in [0.1, 0.15) is 18.9 Å². The Kier molecular flexibility index (Phi) is 4.24. The number of esters is 1. The molecule has 3 heteroatoms. The molecule has 0 spiro atoms. The van der Waals surface area contributed by atoms with E-state index in [2.05, 4.69) is 11.8 Å².